The number of anilines is 1. The molecule has 0 bridgehead atoms. The number of hydrogen-bond acceptors (Lipinski definition) is 6. The number of carbonyl (C=O) groups is 1. The highest BCUT2D eigenvalue weighted by Gasteiger charge is 2.28. The molecular weight excluding hydrogens is 538 g/mol. The van der Waals surface area contributed by atoms with Gasteiger partial charge in [-0.3, -0.25) is 9.10 Å². The molecule has 0 unspecified atom stereocenters. The summed E-state index contributed by atoms with van der Waals surface area (Å²) in [5, 5.41) is 2.70. The normalized spacial score (nSPS) is 14.2. The summed E-state index contributed by atoms with van der Waals surface area (Å²) in [6.45, 7) is 4.75. The van der Waals surface area contributed by atoms with Crippen molar-refractivity contribution in [3.05, 3.63) is 83.9 Å². The van der Waals surface area contributed by atoms with Gasteiger partial charge in [-0.1, -0.05) is 24.3 Å². The molecule has 0 spiro atoms. The summed E-state index contributed by atoms with van der Waals surface area (Å²) < 4.78 is 60.4. The van der Waals surface area contributed by atoms with Gasteiger partial charge in [-0.05, 0) is 86.3 Å². The number of carbonyl (C=O) groups excluding carboxylic acids is 1. The summed E-state index contributed by atoms with van der Waals surface area (Å²) in [7, 11) is -7.48. The Morgan fingerprint density at radius 3 is 2.18 bits per heavy atom. The van der Waals surface area contributed by atoms with Gasteiger partial charge in [0, 0.05) is 13.1 Å². The first kappa shape index (κ1) is 28.6. The number of rotatable bonds is 11. The van der Waals surface area contributed by atoms with E-state index in [4.69, 9.17) is 4.74 Å². The van der Waals surface area contributed by atoms with E-state index in [-0.39, 0.29) is 22.9 Å². The van der Waals surface area contributed by atoms with E-state index in [2.05, 4.69) is 5.32 Å². The molecule has 0 aliphatic carbocycles. The Morgan fingerprint density at radius 2 is 1.54 bits per heavy atom. The van der Waals surface area contributed by atoms with Crippen LogP contribution in [0.2, 0.25) is 0 Å². The maximum Gasteiger partial charge on any atom is 0.264 e. The van der Waals surface area contributed by atoms with Gasteiger partial charge >= 0.3 is 0 Å². The van der Waals surface area contributed by atoms with Crippen molar-refractivity contribution in [2.45, 2.75) is 36.5 Å². The van der Waals surface area contributed by atoms with Crippen LogP contribution >= 0.6 is 0 Å². The van der Waals surface area contributed by atoms with Gasteiger partial charge in [-0.2, -0.15) is 4.31 Å². The third-order valence-electron chi connectivity index (χ3n) is 6.62. The summed E-state index contributed by atoms with van der Waals surface area (Å²) in [4.78, 5) is 13.1. The minimum absolute atomic E-state index is 0.0922. The summed E-state index contributed by atoms with van der Waals surface area (Å²) in [5.74, 6) is -0.0172. The zero-order chi connectivity index (χ0) is 28.0. The number of aryl methyl sites for hydroxylation is 2. The minimum atomic E-state index is -3.99. The molecule has 1 fully saturated rings. The van der Waals surface area contributed by atoms with Crippen LogP contribution in [0.4, 0.5) is 5.69 Å². The highest BCUT2D eigenvalue weighted by molar-refractivity contribution is 7.92. The summed E-state index contributed by atoms with van der Waals surface area (Å²) in [5.41, 5.74) is 2.32. The average Bonchev–Trinajstić information content (AvgIpc) is 3.48. The number of amides is 1. The molecular formula is C28H33N3O6S2. The van der Waals surface area contributed by atoms with Gasteiger partial charge in [0.1, 0.15) is 18.9 Å². The van der Waals surface area contributed by atoms with Gasteiger partial charge in [0.25, 0.3) is 10.0 Å². The van der Waals surface area contributed by atoms with Crippen molar-refractivity contribution in [3.8, 4) is 5.75 Å². The lowest BCUT2D eigenvalue weighted by atomic mass is 10.1. The predicted octanol–water partition coefficient (Wildman–Crippen LogP) is 3.48. The highest BCUT2D eigenvalue weighted by Crippen LogP contribution is 2.26. The monoisotopic (exact) mass is 571 g/mol. The molecule has 1 heterocycles. The van der Waals surface area contributed by atoms with Crippen molar-refractivity contribution >= 4 is 31.6 Å². The first-order valence-corrected chi connectivity index (χ1v) is 15.6. The van der Waals surface area contributed by atoms with Crippen LogP contribution in [0.15, 0.2) is 82.6 Å². The molecule has 3 aromatic rings. The standard InChI is InChI=1S/C28H33N3O6S2/c1-22-10-11-24(20-23(22)2)31(39(35,36)26-8-4-3-5-9-26)21-28(32)29-16-19-37-25-12-14-27(15-13-25)38(33,34)30-17-6-7-18-30/h3-5,8-15,20H,6-7,16-19,21H2,1-2H3,(H,29,32). The fourth-order valence-corrected chi connectivity index (χ4v) is 7.20. The molecule has 1 aliphatic rings. The Kier molecular flexibility index (Phi) is 8.94. The third-order valence-corrected chi connectivity index (χ3v) is 10.3. The Hall–Kier alpha value is -3.41. The first-order chi connectivity index (χ1) is 18.6. The van der Waals surface area contributed by atoms with E-state index in [1.807, 2.05) is 19.9 Å². The number of nitrogens with one attached hydrogen (secondary N) is 1. The van der Waals surface area contributed by atoms with E-state index >= 15 is 0 Å². The Morgan fingerprint density at radius 1 is 0.872 bits per heavy atom. The van der Waals surface area contributed by atoms with E-state index in [0.29, 0.717) is 24.5 Å². The Balaban J connectivity index is 1.36. The Labute approximate surface area is 230 Å². The maximum absolute atomic E-state index is 13.4. The second-order valence-electron chi connectivity index (χ2n) is 9.37. The van der Waals surface area contributed by atoms with Crippen LogP contribution in [-0.4, -0.2) is 59.8 Å². The molecule has 1 saturated heterocycles. The molecule has 0 atom stereocenters. The van der Waals surface area contributed by atoms with Crippen LogP contribution in [0, 0.1) is 13.8 Å². The van der Waals surface area contributed by atoms with E-state index < -0.39 is 32.5 Å². The molecule has 208 valence electrons. The average molecular weight is 572 g/mol. The van der Waals surface area contributed by atoms with Crippen LogP contribution in [0.1, 0.15) is 24.0 Å². The van der Waals surface area contributed by atoms with Crippen LogP contribution in [0.3, 0.4) is 0 Å². The molecule has 1 aliphatic heterocycles. The van der Waals surface area contributed by atoms with E-state index in [1.54, 1.807) is 42.5 Å². The zero-order valence-corrected chi connectivity index (χ0v) is 23.7. The first-order valence-electron chi connectivity index (χ1n) is 12.7. The lowest BCUT2D eigenvalue weighted by Crippen LogP contribution is -2.42. The van der Waals surface area contributed by atoms with Gasteiger partial charge < -0.3 is 10.1 Å². The lowest BCUT2D eigenvalue weighted by Gasteiger charge is -2.25. The summed E-state index contributed by atoms with van der Waals surface area (Å²) >= 11 is 0. The SMILES string of the molecule is Cc1ccc(N(CC(=O)NCCOc2ccc(S(=O)(=O)N3CCCC3)cc2)S(=O)(=O)c2ccccc2)cc1C. The van der Waals surface area contributed by atoms with Crippen LogP contribution in [-0.2, 0) is 24.8 Å². The van der Waals surface area contributed by atoms with Crippen molar-refractivity contribution in [2.75, 3.05) is 37.1 Å². The Bertz CT molecular complexity index is 1500. The maximum atomic E-state index is 13.4. The topological polar surface area (TPSA) is 113 Å². The van der Waals surface area contributed by atoms with Crippen LogP contribution in [0.25, 0.3) is 0 Å². The second kappa shape index (κ2) is 12.2. The second-order valence-corrected chi connectivity index (χ2v) is 13.2. The quantitative estimate of drug-likeness (QED) is 0.353. The van der Waals surface area contributed by atoms with Gasteiger partial charge in [0.15, 0.2) is 0 Å². The number of nitrogens with zero attached hydrogens (tertiary/aromatic N) is 2. The molecule has 0 radical (unpaired) electrons. The van der Waals surface area contributed by atoms with Crippen LogP contribution in [0.5, 0.6) is 5.75 Å². The van der Waals surface area contributed by atoms with Gasteiger partial charge in [-0.25, -0.2) is 16.8 Å². The summed E-state index contributed by atoms with van der Waals surface area (Å²) in [6.07, 6.45) is 1.74. The molecule has 1 N–H and O–H groups in total. The molecule has 4 rings (SSSR count). The number of benzene rings is 3. The smallest absolute Gasteiger partial charge is 0.264 e. The van der Waals surface area contributed by atoms with Crippen molar-refractivity contribution in [1.29, 1.82) is 0 Å². The summed E-state index contributed by atoms with van der Waals surface area (Å²) in [6, 6.07) is 19.4. The van der Waals surface area contributed by atoms with Gasteiger partial charge in [0.05, 0.1) is 22.0 Å². The minimum Gasteiger partial charge on any atom is -0.492 e. The van der Waals surface area contributed by atoms with Gasteiger partial charge in [0.2, 0.25) is 15.9 Å². The fraction of sp³-hybridized carbons (Fsp3) is 0.321. The van der Waals surface area contributed by atoms with E-state index in [1.165, 1.54) is 28.6 Å². The molecule has 39 heavy (non-hydrogen) atoms. The highest BCUT2D eigenvalue weighted by atomic mass is 32.2. The number of sulfonamides is 2. The predicted molar refractivity (Wildman–Crippen MR) is 150 cm³/mol. The fourth-order valence-electron chi connectivity index (χ4n) is 4.25. The third kappa shape index (κ3) is 6.78. The largest absolute Gasteiger partial charge is 0.492 e. The molecule has 9 nitrogen and oxygen atoms in total. The lowest BCUT2D eigenvalue weighted by molar-refractivity contribution is -0.119. The van der Waals surface area contributed by atoms with E-state index in [0.717, 1.165) is 28.3 Å². The van der Waals surface area contributed by atoms with Crippen molar-refractivity contribution in [1.82, 2.24) is 9.62 Å². The van der Waals surface area contributed by atoms with Crippen molar-refractivity contribution < 1.29 is 26.4 Å². The van der Waals surface area contributed by atoms with E-state index in [9.17, 15) is 21.6 Å². The molecule has 11 heteroatoms. The number of ether oxygens (including phenoxy) is 1. The zero-order valence-electron chi connectivity index (χ0n) is 22.0. The van der Waals surface area contributed by atoms with Crippen LogP contribution < -0.4 is 14.4 Å². The molecule has 0 aromatic heterocycles. The number of hydrogen-bond donors (Lipinski definition) is 1. The van der Waals surface area contributed by atoms with Crippen molar-refractivity contribution in [3.63, 3.8) is 0 Å². The van der Waals surface area contributed by atoms with Crippen molar-refractivity contribution in [2.24, 2.45) is 0 Å². The molecule has 1 amide bonds. The molecule has 3 aromatic carbocycles. The van der Waals surface area contributed by atoms with Gasteiger partial charge in [-0.15, -0.1) is 0 Å². The molecule has 0 saturated carbocycles.